The molecule has 3 aromatic rings. The zero-order valence-corrected chi connectivity index (χ0v) is 14.0. The molecule has 0 amide bonds. The largest absolute Gasteiger partial charge is 0.339 e. The summed E-state index contributed by atoms with van der Waals surface area (Å²) in [6.07, 6.45) is 0. The second-order valence-electron chi connectivity index (χ2n) is 5.04. The van der Waals surface area contributed by atoms with Gasteiger partial charge in [0.1, 0.15) is 0 Å². The third kappa shape index (κ3) is 2.22. The van der Waals surface area contributed by atoms with Crippen LogP contribution in [0.4, 0.5) is 0 Å². The number of aromatic nitrogens is 1. The summed E-state index contributed by atoms with van der Waals surface area (Å²) in [5.41, 5.74) is 10.9. The molecule has 0 unspecified atom stereocenters. The quantitative estimate of drug-likeness (QED) is 0.737. The van der Waals surface area contributed by atoms with Crippen molar-refractivity contribution in [2.24, 2.45) is 5.73 Å². The van der Waals surface area contributed by atoms with Crippen LogP contribution < -0.4 is 5.73 Å². The highest BCUT2D eigenvalue weighted by Crippen LogP contribution is 2.30. The Kier molecular flexibility index (Phi) is 3.71. The van der Waals surface area contributed by atoms with Gasteiger partial charge in [0.05, 0.1) is 6.54 Å². The van der Waals surface area contributed by atoms with Gasteiger partial charge in [0, 0.05) is 32.5 Å². The van der Waals surface area contributed by atoms with Crippen LogP contribution in [0.15, 0.2) is 34.1 Å². The summed E-state index contributed by atoms with van der Waals surface area (Å²) in [5.74, 6) is 0. The molecule has 0 aliphatic carbocycles. The summed E-state index contributed by atoms with van der Waals surface area (Å²) in [5, 5.41) is 3.44. The molecule has 3 rings (SSSR count). The second-order valence-corrected chi connectivity index (χ2v) is 6.90. The molecule has 1 aromatic carbocycles. The summed E-state index contributed by atoms with van der Waals surface area (Å²) in [7, 11) is 0. The van der Waals surface area contributed by atoms with Gasteiger partial charge in [0.15, 0.2) is 0 Å². The van der Waals surface area contributed by atoms with Gasteiger partial charge in [-0.05, 0) is 64.5 Å². The second kappa shape index (κ2) is 5.35. The van der Waals surface area contributed by atoms with Gasteiger partial charge in [0.2, 0.25) is 0 Å². The van der Waals surface area contributed by atoms with Crippen LogP contribution in [0.1, 0.15) is 21.7 Å². The lowest BCUT2D eigenvalue weighted by molar-refractivity contribution is 0.810. The first-order valence-corrected chi connectivity index (χ1v) is 8.29. The van der Waals surface area contributed by atoms with Crippen molar-refractivity contribution in [1.29, 1.82) is 0 Å². The lowest BCUT2D eigenvalue weighted by atomic mass is 10.1. The molecule has 0 fully saturated rings. The fourth-order valence-corrected chi connectivity index (χ4v) is 4.07. The van der Waals surface area contributed by atoms with Crippen molar-refractivity contribution in [3.8, 4) is 0 Å². The van der Waals surface area contributed by atoms with Crippen molar-refractivity contribution in [1.82, 2.24) is 4.57 Å². The number of thiophene rings is 1. The molecule has 0 bridgehead atoms. The summed E-state index contributed by atoms with van der Waals surface area (Å²) >= 11 is 5.41. The highest BCUT2D eigenvalue weighted by atomic mass is 79.9. The average Bonchev–Trinajstić information content (AvgIpc) is 2.96. The SMILES string of the molecule is Cc1c(C)n(Cc2sccc2Br)c2ccc(CN)cc12. The van der Waals surface area contributed by atoms with E-state index in [2.05, 4.69) is 64.0 Å². The van der Waals surface area contributed by atoms with Crippen LogP contribution in [0.3, 0.4) is 0 Å². The van der Waals surface area contributed by atoms with E-state index in [1.165, 1.54) is 37.1 Å². The lowest BCUT2D eigenvalue weighted by Crippen LogP contribution is -2.01. The molecular formula is C16H17BrN2S. The molecule has 2 aromatic heterocycles. The molecule has 2 N–H and O–H groups in total. The molecule has 0 saturated heterocycles. The molecule has 0 saturated carbocycles. The van der Waals surface area contributed by atoms with Gasteiger partial charge in [-0.2, -0.15) is 0 Å². The molecule has 4 heteroatoms. The Morgan fingerprint density at radius 3 is 2.70 bits per heavy atom. The number of halogens is 1. The number of fused-ring (bicyclic) bond motifs is 1. The Bertz CT molecular complexity index is 770. The molecule has 0 aliphatic heterocycles. The van der Waals surface area contributed by atoms with E-state index in [1.54, 1.807) is 11.3 Å². The van der Waals surface area contributed by atoms with Crippen LogP contribution in [-0.4, -0.2) is 4.57 Å². The maximum Gasteiger partial charge on any atom is 0.0583 e. The van der Waals surface area contributed by atoms with Crippen molar-refractivity contribution >= 4 is 38.2 Å². The Morgan fingerprint density at radius 1 is 1.25 bits per heavy atom. The molecule has 2 nitrogen and oxygen atoms in total. The highest BCUT2D eigenvalue weighted by molar-refractivity contribution is 9.10. The van der Waals surface area contributed by atoms with E-state index in [4.69, 9.17) is 5.73 Å². The van der Waals surface area contributed by atoms with E-state index in [0.29, 0.717) is 6.54 Å². The Morgan fingerprint density at radius 2 is 2.05 bits per heavy atom. The minimum Gasteiger partial charge on any atom is -0.339 e. The van der Waals surface area contributed by atoms with Crippen LogP contribution in [0.5, 0.6) is 0 Å². The van der Waals surface area contributed by atoms with Crippen LogP contribution >= 0.6 is 27.3 Å². The van der Waals surface area contributed by atoms with E-state index in [1.807, 2.05) is 0 Å². The number of hydrogen-bond acceptors (Lipinski definition) is 2. The molecule has 104 valence electrons. The highest BCUT2D eigenvalue weighted by Gasteiger charge is 2.13. The van der Waals surface area contributed by atoms with Gasteiger partial charge in [-0.15, -0.1) is 11.3 Å². The van der Waals surface area contributed by atoms with Gasteiger partial charge in [-0.1, -0.05) is 6.07 Å². The topological polar surface area (TPSA) is 30.9 Å². The summed E-state index contributed by atoms with van der Waals surface area (Å²) in [4.78, 5) is 1.35. The molecule has 2 heterocycles. The normalized spacial score (nSPS) is 11.4. The Labute approximate surface area is 131 Å². The molecular weight excluding hydrogens is 332 g/mol. The zero-order chi connectivity index (χ0) is 14.3. The van der Waals surface area contributed by atoms with E-state index in [0.717, 1.165) is 6.54 Å². The van der Waals surface area contributed by atoms with Gasteiger partial charge >= 0.3 is 0 Å². The van der Waals surface area contributed by atoms with Gasteiger partial charge in [-0.25, -0.2) is 0 Å². The molecule has 0 spiro atoms. The molecule has 0 radical (unpaired) electrons. The van der Waals surface area contributed by atoms with Gasteiger partial charge < -0.3 is 10.3 Å². The van der Waals surface area contributed by atoms with Crippen molar-refractivity contribution in [3.05, 3.63) is 55.8 Å². The number of benzene rings is 1. The van der Waals surface area contributed by atoms with Crippen LogP contribution in [0, 0.1) is 13.8 Å². The monoisotopic (exact) mass is 348 g/mol. The number of hydrogen-bond donors (Lipinski definition) is 1. The minimum absolute atomic E-state index is 0.593. The Hall–Kier alpha value is -1.10. The van der Waals surface area contributed by atoms with Gasteiger partial charge in [0.25, 0.3) is 0 Å². The van der Waals surface area contributed by atoms with Crippen molar-refractivity contribution in [2.45, 2.75) is 26.9 Å². The average molecular weight is 349 g/mol. The third-order valence-electron chi connectivity index (χ3n) is 3.93. The van der Waals surface area contributed by atoms with Crippen molar-refractivity contribution < 1.29 is 0 Å². The summed E-state index contributed by atoms with van der Waals surface area (Å²) in [6.45, 7) is 5.89. The maximum atomic E-state index is 5.75. The van der Waals surface area contributed by atoms with Gasteiger partial charge in [-0.3, -0.25) is 0 Å². The molecule has 20 heavy (non-hydrogen) atoms. The van der Waals surface area contributed by atoms with E-state index >= 15 is 0 Å². The van der Waals surface area contributed by atoms with Crippen molar-refractivity contribution in [3.63, 3.8) is 0 Å². The number of nitrogens with zero attached hydrogens (tertiary/aromatic N) is 1. The predicted octanol–water partition coefficient (Wildman–Crippen LogP) is 4.59. The first kappa shape index (κ1) is 13.9. The maximum absolute atomic E-state index is 5.75. The summed E-state index contributed by atoms with van der Waals surface area (Å²) in [6, 6.07) is 8.65. The number of aryl methyl sites for hydroxylation is 1. The minimum atomic E-state index is 0.593. The van der Waals surface area contributed by atoms with E-state index < -0.39 is 0 Å². The van der Waals surface area contributed by atoms with Crippen LogP contribution in [0.2, 0.25) is 0 Å². The lowest BCUT2D eigenvalue weighted by Gasteiger charge is -2.08. The standard InChI is InChI=1S/C16H17BrN2S/c1-10-11(2)19(9-16-14(17)5-6-20-16)15-4-3-12(8-18)7-13(10)15/h3-7H,8-9,18H2,1-2H3. The number of rotatable bonds is 3. The predicted molar refractivity (Wildman–Crippen MR) is 90.4 cm³/mol. The van der Waals surface area contributed by atoms with Crippen molar-refractivity contribution in [2.75, 3.05) is 0 Å². The van der Waals surface area contributed by atoms with E-state index in [-0.39, 0.29) is 0 Å². The Balaban J connectivity index is 2.15. The fraction of sp³-hybridized carbons (Fsp3) is 0.250. The molecule has 0 aliphatic rings. The molecule has 0 atom stereocenters. The zero-order valence-electron chi connectivity index (χ0n) is 11.6. The van der Waals surface area contributed by atoms with Crippen LogP contribution in [0.25, 0.3) is 10.9 Å². The first-order chi connectivity index (χ1) is 9.61. The number of nitrogens with two attached hydrogens (primary N) is 1. The first-order valence-electron chi connectivity index (χ1n) is 6.62. The van der Waals surface area contributed by atoms with Crippen LogP contribution in [-0.2, 0) is 13.1 Å². The summed E-state index contributed by atoms with van der Waals surface area (Å²) < 4.78 is 3.58. The smallest absolute Gasteiger partial charge is 0.0583 e. The fourth-order valence-electron chi connectivity index (χ4n) is 2.61. The third-order valence-corrected chi connectivity index (χ3v) is 5.84. The van der Waals surface area contributed by atoms with E-state index in [9.17, 15) is 0 Å².